The molecular formula is C13H15N3O3S. The van der Waals surface area contributed by atoms with Crippen LogP contribution in [0.2, 0.25) is 0 Å². The molecule has 7 heteroatoms. The van der Waals surface area contributed by atoms with Gasteiger partial charge in [-0.1, -0.05) is 6.92 Å². The second-order valence-electron chi connectivity index (χ2n) is 4.30. The summed E-state index contributed by atoms with van der Waals surface area (Å²) in [4.78, 5) is 27.3. The number of carbonyl (C=O) groups is 2. The van der Waals surface area contributed by atoms with Gasteiger partial charge in [0.1, 0.15) is 6.04 Å². The number of aliphatic carboxylic acids is 1. The van der Waals surface area contributed by atoms with Gasteiger partial charge in [0.05, 0.1) is 15.1 Å². The fraction of sp³-hybridized carbons (Fsp3) is 0.308. The van der Waals surface area contributed by atoms with Crippen LogP contribution in [0.25, 0.3) is 10.2 Å². The highest BCUT2D eigenvalue weighted by molar-refractivity contribution is 7.21. The van der Waals surface area contributed by atoms with E-state index in [2.05, 4.69) is 10.3 Å². The number of hydrogen-bond acceptors (Lipinski definition) is 5. The molecule has 4 N–H and O–H groups in total. The Balaban J connectivity index is 2.17. The van der Waals surface area contributed by atoms with Crippen LogP contribution >= 0.6 is 11.3 Å². The number of hydrogen-bond donors (Lipinski definition) is 3. The van der Waals surface area contributed by atoms with Crippen LogP contribution in [0.5, 0.6) is 0 Å². The summed E-state index contributed by atoms with van der Waals surface area (Å²) in [5.74, 6) is -1.47. The van der Waals surface area contributed by atoms with Gasteiger partial charge in [0.2, 0.25) is 0 Å². The molecule has 1 atom stereocenters. The average molecular weight is 293 g/mol. The molecule has 0 fully saturated rings. The Morgan fingerprint density at radius 1 is 1.55 bits per heavy atom. The minimum atomic E-state index is -1.14. The normalized spacial score (nSPS) is 12.3. The third kappa shape index (κ3) is 2.94. The number of rotatable bonds is 5. The van der Waals surface area contributed by atoms with Crippen molar-refractivity contribution in [3.63, 3.8) is 0 Å². The molecule has 0 saturated carbocycles. The van der Waals surface area contributed by atoms with Gasteiger partial charge in [-0.25, -0.2) is 0 Å². The molecule has 0 aliphatic rings. The molecule has 1 unspecified atom stereocenters. The maximum Gasteiger partial charge on any atom is 0.322 e. The summed E-state index contributed by atoms with van der Waals surface area (Å²) < 4.78 is 0.989. The van der Waals surface area contributed by atoms with Crippen LogP contribution in [0.15, 0.2) is 18.3 Å². The second kappa shape index (κ2) is 5.98. The largest absolute Gasteiger partial charge is 0.480 e. The van der Waals surface area contributed by atoms with Gasteiger partial charge in [0.15, 0.2) is 0 Å². The first-order chi connectivity index (χ1) is 9.52. The summed E-state index contributed by atoms with van der Waals surface area (Å²) in [6.07, 6.45) is 2.58. The molecule has 2 aromatic heterocycles. The molecule has 106 valence electrons. The van der Waals surface area contributed by atoms with Crippen molar-refractivity contribution in [2.45, 2.75) is 19.4 Å². The van der Waals surface area contributed by atoms with Crippen LogP contribution in [0.4, 0.5) is 0 Å². The van der Waals surface area contributed by atoms with E-state index in [0.29, 0.717) is 4.88 Å². The van der Waals surface area contributed by atoms with E-state index in [4.69, 9.17) is 10.8 Å². The van der Waals surface area contributed by atoms with Crippen molar-refractivity contribution in [2.24, 2.45) is 5.73 Å². The van der Waals surface area contributed by atoms with Crippen molar-refractivity contribution < 1.29 is 14.7 Å². The van der Waals surface area contributed by atoms with Crippen LogP contribution in [0.1, 0.15) is 22.2 Å². The van der Waals surface area contributed by atoms with E-state index in [-0.39, 0.29) is 12.5 Å². The number of aromatic nitrogens is 1. The highest BCUT2D eigenvalue weighted by Gasteiger charge is 2.16. The molecule has 0 bridgehead atoms. The first-order valence-electron chi connectivity index (χ1n) is 6.17. The number of carbonyl (C=O) groups excluding carboxylic acids is 1. The Bertz CT molecular complexity index is 653. The lowest BCUT2D eigenvalue weighted by Gasteiger charge is -2.06. The van der Waals surface area contributed by atoms with Crippen LogP contribution in [-0.4, -0.2) is 34.6 Å². The molecular weight excluding hydrogens is 278 g/mol. The molecule has 0 spiro atoms. The molecule has 6 nitrogen and oxygen atoms in total. The van der Waals surface area contributed by atoms with Gasteiger partial charge in [0, 0.05) is 12.7 Å². The van der Waals surface area contributed by atoms with Crippen molar-refractivity contribution in [2.75, 3.05) is 6.54 Å². The summed E-state index contributed by atoms with van der Waals surface area (Å²) in [7, 11) is 0. The zero-order valence-corrected chi connectivity index (χ0v) is 11.7. The fourth-order valence-corrected chi connectivity index (χ4v) is 2.87. The van der Waals surface area contributed by atoms with Gasteiger partial charge in [-0.2, -0.15) is 0 Å². The fourth-order valence-electron chi connectivity index (χ4n) is 1.76. The standard InChI is InChI=1S/C13H15N3O3S/c1-2-7-3-4-15-9-5-10(20-11(7)9)12(17)16-6-8(14)13(18)19/h3-5,8H,2,6,14H2,1H3,(H,16,17)(H,18,19). The van der Waals surface area contributed by atoms with Crippen molar-refractivity contribution in [3.05, 3.63) is 28.8 Å². The van der Waals surface area contributed by atoms with E-state index in [1.807, 2.05) is 13.0 Å². The zero-order valence-electron chi connectivity index (χ0n) is 10.9. The van der Waals surface area contributed by atoms with E-state index in [9.17, 15) is 9.59 Å². The van der Waals surface area contributed by atoms with Crippen LogP contribution in [0.3, 0.4) is 0 Å². The van der Waals surface area contributed by atoms with Gasteiger partial charge in [-0.05, 0) is 24.1 Å². The average Bonchev–Trinajstić information content (AvgIpc) is 2.87. The van der Waals surface area contributed by atoms with Gasteiger partial charge >= 0.3 is 5.97 Å². The molecule has 2 rings (SSSR count). The lowest BCUT2D eigenvalue weighted by atomic mass is 10.2. The summed E-state index contributed by atoms with van der Waals surface area (Å²) >= 11 is 1.35. The number of nitrogens with one attached hydrogen (secondary N) is 1. The van der Waals surface area contributed by atoms with E-state index in [0.717, 1.165) is 22.2 Å². The second-order valence-corrected chi connectivity index (χ2v) is 5.36. The minimum Gasteiger partial charge on any atom is -0.480 e. The van der Waals surface area contributed by atoms with Crippen molar-refractivity contribution in [1.82, 2.24) is 10.3 Å². The number of nitrogens with two attached hydrogens (primary N) is 1. The van der Waals surface area contributed by atoms with Crippen molar-refractivity contribution in [1.29, 1.82) is 0 Å². The molecule has 0 aliphatic carbocycles. The summed E-state index contributed by atoms with van der Waals surface area (Å²) in [6, 6.07) is 2.54. The van der Waals surface area contributed by atoms with Gasteiger partial charge in [-0.15, -0.1) is 11.3 Å². The quantitative estimate of drug-likeness (QED) is 0.762. The maximum atomic E-state index is 12.0. The van der Waals surface area contributed by atoms with Crippen LogP contribution < -0.4 is 11.1 Å². The number of nitrogens with zero attached hydrogens (tertiary/aromatic N) is 1. The van der Waals surface area contributed by atoms with Gasteiger partial charge in [-0.3, -0.25) is 14.6 Å². The summed E-state index contributed by atoms with van der Waals surface area (Å²) in [5, 5.41) is 11.2. The number of pyridine rings is 1. The highest BCUT2D eigenvalue weighted by Crippen LogP contribution is 2.27. The van der Waals surface area contributed by atoms with Crippen molar-refractivity contribution in [3.8, 4) is 0 Å². The molecule has 20 heavy (non-hydrogen) atoms. The van der Waals surface area contributed by atoms with E-state index < -0.39 is 12.0 Å². The monoisotopic (exact) mass is 293 g/mol. The smallest absolute Gasteiger partial charge is 0.322 e. The van der Waals surface area contributed by atoms with E-state index in [1.165, 1.54) is 11.3 Å². The van der Waals surface area contributed by atoms with Crippen LogP contribution in [0, 0.1) is 0 Å². The number of fused-ring (bicyclic) bond motifs is 1. The Kier molecular flexibility index (Phi) is 4.31. The number of amides is 1. The Hall–Kier alpha value is -1.99. The molecule has 0 radical (unpaired) electrons. The van der Waals surface area contributed by atoms with Gasteiger partial charge in [0.25, 0.3) is 5.91 Å². The van der Waals surface area contributed by atoms with Crippen LogP contribution in [-0.2, 0) is 11.2 Å². The van der Waals surface area contributed by atoms with Crippen molar-refractivity contribution >= 4 is 33.4 Å². The predicted molar refractivity (Wildman–Crippen MR) is 76.9 cm³/mol. The number of thiophene rings is 1. The molecule has 2 aromatic rings. The molecule has 0 saturated heterocycles. The highest BCUT2D eigenvalue weighted by atomic mass is 32.1. The third-order valence-corrected chi connectivity index (χ3v) is 4.10. The molecule has 0 aromatic carbocycles. The first-order valence-corrected chi connectivity index (χ1v) is 6.98. The lowest BCUT2D eigenvalue weighted by Crippen LogP contribution is -2.42. The lowest BCUT2D eigenvalue weighted by molar-refractivity contribution is -0.138. The van der Waals surface area contributed by atoms with E-state index in [1.54, 1.807) is 12.3 Å². The predicted octanol–water partition coefficient (Wildman–Crippen LogP) is 1.00. The topological polar surface area (TPSA) is 105 Å². The number of carboxylic acids is 1. The van der Waals surface area contributed by atoms with E-state index >= 15 is 0 Å². The number of carboxylic acid groups (broad SMARTS) is 1. The van der Waals surface area contributed by atoms with Gasteiger partial charge < -0.3 is 16.2 Å². The Labute approximate surface area is 119 Å². The Morgan fingerprint density at radius 2 is 2.30 bits per heavy atom. The Morgan fingerprint density at radius 3 is 2.95 bits per heavy atom. The molecule has 2 heterocycles. The molecule has 1 amide bonds. The zero-order chi connectivity index (χ0) is 14.7. The first kappa shape index (κ1) is 14.4. The minimum absolute atomic E-state index is 0.101. The maximum absolute atomic E-state index is 12.0. The summed E-state index contributed by atoms with van der Waals surface area (Å²) in [6.45, 7) is 1.94. The third-order valence-electron chi connectivity index (χ3n) is 2.90. The summed E-state index contributed by atoms with van der Waals surface area (Å²) in [5.41, 5.74) is 7.26. The number of aryl methyl sites for hydroxylation is 1. The molecule has 0 aliphatic heterocycles. The SMILES string of the molecule is CCc1ccnc2cc(C(=O)NCC(N)C(=O)O)sc12.